The summed E-state index contributed by atoms with van der Waals surface area (Å²) in [6, 6.07) is 4.80. The largest absolute Gasteiger partial charge is 0.494 e. The lowest BCUT2D eigenvalue weighted by Crippen LogP contribution is -2.30. The first kappa shape index (κ1) is 15.5. The van der Waals surface area contributed by atoms with Crippen LogP contribution in [0.15, 0.2) is 18.2 Å². The van der Waals surface area contributed by atoms with Crippen LogP contribution in [0.4, 0.5) is 4.39 Å². The van der Waals surface area contributed by atoms with Gasteiger partial charge in [0.15, 0.2) is 11.6 Å². The third-order valence-corrected chi connectivity index (χ3v) is 2.91. The number of carbonyl (C=O) groups excluding carboxylic acids is 1. The molecular formula is C15H22FNO2. The second kappa shape index (κ2) is 7.12. The Morgan fingerprint density at radius 3 is 2.63 bits per heavy atom. The average molecular weight is 267 g/mol. The van der Waals surface area contributed by atoms with Gasteiger partial charge in [0.1, 0.15) is 0 Å². The van der Waals surface area contributed by atoms with Crippen molar-refractivity contribution < 1.29 is 13.9 Å². The molecule has 0 N–H and O–H groups in total. The first-order chi connectivity index (χ1) is 8.93. The Bertz CT molecular complexity index is 432. The third-order valence-electron chi connectivity index (χ3n) is 2.91. The van der Waals surface area contributed by atoms with Gasteiger partial charge in [0.05, 0.1) is 7.11 Å². The second-order valence-electron chi connectivity index (χ2n) is 5.14. The zero-order chi connectivity index (χ0) is 14.4. The summed E-state index contributed by atoms with van der Waals surface area (Å²) in [5.74, 6) is 0.382. The minimum Gasteiger partial charge on any atom is -0.494 e. The average Bonchev–Trinajstić information content (AvgIpc) is 2.35. The van der Waals surface area contributed by atoms with Gasteiger partial charge in [0, 0.05) is 20.0 Å². The molecule has 0 atom stereocenters. The van der Waals surface area contributed by atoms with Gasteiger partial charge in [0.25, 0.3) is 0 Å². The Balaban J connectivity index is 2.52. The van der Waals surface area contributed by atoms with Gasteiger partial charge >= 0.3 is 0 Å². The Labute approximate surface area is 114 Å². The molecule has 0 aliphatic carbocycles. The number of rotatable bonds is 6. The van der Waals surface area contributed by atoms with E-state index in [4.69, 9.17) is 4.74 Å². The van der Waals surface area contributed by atoms with E-state index in [1.54, 1.807) is 24.1 Å². The van der Waals surface area contributed by atoms with Crippen LogP contribution < -0.4 is 4.74 Å². The van der Waals surface area contributed by atoms with Crippen molar-refractivity contribution in [1.82, 2.24) is 4.90 Å². The highest BCUT2D eigenvalue weighted by molar-refractivity contribution is 5.76. The Kier molecular flexibility index (Phi) is 5.80. The van der Waals surface area contributed by atoms with Crippen molar-refractivity contribution in [3.8, 4) is 5.75 Å². The summed E-state index contributed by atoms with van der Waals surface area (Å²) in [5, 5.41) is 0. The number of amides is 1. The fourth-order valence-corrected chi connectivity index (χ4v) is 1.96. The molecule has 0 fully saturated rings. The van der Waals surface area contributed by atoms with Crippen LogP contribution in [0.3, 0.4) is 0 Å². The number of carbonyl (C=O) groups is 1. The lowest BCUT2D eigenvalue weighted by molar-refractivity contribution is -0.130. The van der Waals surface area contributed by atoms with Crippen molar-refractivity contribution in [1.29, 1.82) is 0 Å². The normalized spacial score (nSPS) is 10.6. The minimum absolute atomic E-state index is 0.0879. The summed E-state index contributed by atoms with van der Waals surface area (Å²) < 4.78 is 18.3. The van der Waals surface area contributed by atoms with E-state index in [0.717, 1.165) is 12.1 Å². The van der Waals surface area contributed by atoms with Gasteiger partial charge in [-0.15, -0.1) is 0 Å². The van der Waals surface area contributed by atoms with Crippen molar-refractivity contribution >= 4 is 5.91 Å². The first-order valence-electron chi connectivity index (χ1n) is 6.50. The molecule has 1 aromatic carbocycles. The maximum atomic E-state index is 13.5. The minimum atomic E-state index is -0.386. The molecule has 0 aromatic heterocycles. The van der Waals surface area contributed by atoms with Gasteiger partial charge in [-0.05, 0) is 30.0 Å². The highest BCUT2D eigenvalue weighted by Gasteiger charge is 2.11. The molecule has 1 rings (SSSR count). The Hall–Kier alpha value is -1.58. The number of aryl methyl sites for hydroxylation is 1. The lowest BCUT2D eigenvalue weighted by atomic mass is 10.1. The molecule has 1 amide bonds. The van der Waals surface area contributed by atoms with E-state index in [9.17, 15) is 9.18 Å². The van der Waals surface area contributed by atoms with Crippen LogP contribution in [0, 0.1) is 11.7 Å². The summed E-state index contributed by atoms with van der Waals surface area (Å²) >= 11 is 0. The number of benzene rings is 1. The van der Waals surface area contributed by atoms with Gasteiger partial charge < -0.3 is 9.64 Å². The number of ether oxygens (including phenoxy) is 1. The van der Waals surface area contributed by atoms with Crippen molar-refractivity contribution in [2.75, 3.05) is 20.7 Å². The van der Waals surface area contributed by atoms with Crippen LogP contribution in [0.2, 0.25) is 0 Å². The highest BCUT2D eigenvalue weighted by Crippen LogP contribution is 2.18. The molecule has 0 aliphatic rings. The maximum absolute atomic E-state index is 13.5. The van der Waals surface area contributed by atoms with E-state index >= 15 is 0 Å². The van der Waals surface area contributed by atoms with E-state index in [1.807, 2.05) is 0 Å². The van der Waals surface area contributed by atoms with Crippen LogP contribution in [-0.4, -0.2) is 31.5 Å². The predicted molar refractivity (Wildman–Crippen MR) is 73.7 cm³/mol. The quantitative estimate of drug-likeness (QED) is 0.793. The van der Waals surface area contributed by atoms with Crippen molar-refractivity contribution in [3.63, 3.8) is 0 Å². The molecule has 0 radical (unpaired) electrons. The molecule has 4 heteroatoms. The number of hydrogen-bond acceptors (Lipinski definition) is 2. The highest BCUT2D eigenvalue weighted by atomic mass is 19.1. The van der Waals surface area contributed by atoms with Crippen LogP contribution in [-0.2, 0) is 11.2 Å². The van der Waals surface area contributed by atoms with Crippen LogP contribution >= 0.6 is 0 Å². The molecule has 0 heterocycles. The lowest BCUT2D eigenvalue weighted by Gasteiger charge is -2.19. The fraction of sp³-hybridized carbons (Fsp3) is 0.533. The van der Waals surface area contributed by atoms with Gasteiger partial charge in [-0.25, -0.2) is 4.39 Å². The molecule has 19 heavy (non-hydrogen) atoms. The van der Waals surface area contributed by atoms with Crippen LogP contribution in [0.1, 0.15) is 25.8 Å². The molecule has 0 spiro atoms. The van der Waals surface area contributed by atoms with Crippen molar-refractivity contribution in [2.45, 2.75) is 26.7 Å². The summed E-state index contributed by atoms with van der Waals surface area (Å²) in [7, 11) is 3.24. The molecular weight excluding hydrogens is 245 g/mol. The van der Waals surface area contributed by atoms with Crippen molar-refractivity contribution in [2.24, 2.45) is 5.92 Å². The summed E-state index contributed by atoms with van der Waals surface area (Å²) in [6.45, 7) is 4.89. The smallest absolute Gasteiger partial charge is 0.222 e. The Morgan fingerprint density at radius 1 is 1.42 bits per heavy atom. The Morgan fingerprint density at radius 2 is 2.11 bits per heavy atom. The molecule has 0 saturated heterocycles. The maximum Gasteiger partial charge on any atom is 0.222 e. The number of hydrogen-bond donors (Lipinski definition) is 0. The second-order valence-corrected chi connectivity index (χ2v) is 5.14. The molecule has 0 saturated carbocycles. The molecule has 0 unspecified atom stereocenters. The van der Waals surface area contributed by atoms with E-state index in [2.05, 4.69) is 13.8 Å². The van der Waals surface area contributed by atoms with Crippen LogP contribution in [0.25, 0.3) is 0 Å². The standard InChI is InChI=1S/C15H22FNO2/c1-11(2)10-17(3)15(18)8-6-12-5-7-14(19-4)13(16)9-12/h5,7,9,11H,6,8,10H2,1-4H3. The molecule has 0 bridgehead atoms. The number of halogens is 1. The first-order valence-corrected chi connectivity index (χ1v) is 6.50. The number of nitrogens with zero attached hydrogens (tertiary/aromatic N) is 1. The monoisotopic (exact) mass is 267 g/mol. The van der Waals surface area contributed by atoms with Crippen molar-refractivity contribution in [3.05, 3.63) is 29.6 Å². The molecule has 0 aliphatic heterocycles. The zero-order valence-electron chi connectivity index (χ0n) is 12.1. The van der Waals surface area contributed by atoms with Gasteiger partial charge in [0.2, 0.25) is 5.91 Å². The fourth-order valence-electron chi connectivity index (χ4n) is 1.96. The molecule has 106 valence electrons. The van der Waals surface area contributed by atoms with E-state index in [1.165, 1.54) is 13.2 Å². The topological polar surface area (TPSA) is 29.5 Å². The summed E-state index contributed by atoms with van der Waals surface area (Å²) in [6.07, 6.45) is 0.942. The third kappa shape index (κ3) is 4.89. The van der Waals surface area contributed by atoms with Gasteiger partial charge in [-0.1, -0.05) is 19.9 Å². The van der Waals surface area contributed by atoms with Crippen LogP contribution in [0.5, 0.6) is 5.75 Å². The van der Waals surface area contributed by atoms with E-state index < -0.39 is 0 Å². The van der Waals surface area contributed by atoms with Gasteiger partial charge in [-0.3, -0.25) is 4.79 Å². The summed E-state index contributed by atoms with van der Waals surface area (Å²) in [4.78, 5) is 13.6. The summed E-state index contributed by atoms with van der Waals surface area (Å²) in [5.41, 5.74) is 0.810. The predicted octanol–water partition coefficient (Wildman–Crippen LogP) is 2.88. The van der Waals surface area contributed by atoms with E-state index in [0.29, 0.717) is 18.8 Å². The van der Waals surface area contributed by atoms with E-state index in [-0.39, 0.29) is 17.5 Å². The molecule has 1 aromatic rings. The zero-order valence-corrected chi connectivity index (χ0v) is 12.1. The van der Waals surface area contributed by atoms with Gasteiger partial charge in [-0.2, -0.15) is 0 Å². The SMILES string of the molecule is COc1ccc(CCC(=O)N(C)CC(C)C)cc1F. The molecule has 3 nitrogen and oxygen atoms in total. The number of methoxy groups -OCH3 is 1.